The zero-order valence-corrected chi connectivity index (χ0v) is 10.00. The van der Waals surface area contributed by atoms with Crippen LogP contribution in [0.5, 0.6) is 0 Å². The van der Waals surface area contributed by atoms with E-state index in [0.717, 1.165) is 0 Å². The second-order valence-electron chi connectivity index (χ2n) is 3.19. The Bertz CT molecular complexity index is 359. The third-order valence-corrected chi connectivity index (χ3v) is 2.91. The van der Waals surface area contributed by atoms with Crippen LogP contribution < -0.4 is 5.32 Å². The number of hydrogen-bond donors (Lipinski definition) is 1. The van der Waals surface area contributed by atoms with Gasteiger partial charge in [-0.2, -0.15) is 0 Å². The molecular formula is C10H13ClFNOS. The number of nitrogens with one attached hydrogen (secondary N) is 1. The van der Waals surface area contributed by atoms with E-state index < -0.39 is 10.8 Å². The summed E-state index contributed by atoms with van der Waals surface area (Å²) in [6.07, 6.45) is 1.64. The van der Waals surface area contributed by atoms with Gasteiger partial charge in [-0.1, -0.05) is 17.7 Å². The van der Waals surface area contributed by atoms with Crippen LogP contribution in [0.25, 0.3) is 0 Å². The zero-order valence-electron chi connectivity index (χ0n) is 8.43. The molecule has 1 unspecified atom stereocenters. The molecule has 0 aromatic heterocycles. The summed E-state index contributed by atoms with van der Waals surface area (Å²) in [6.45, 7) is 1.05. The monoisotopic (exact) mass is 249 g/mol. The molecule has 84 valence electrons. The average molecular weight is 250 g/mol. The second kappa shape index (κ2) is 6.20. The van der Waals surface area contributed by atoms with Crippen molar-refractivity contribution in [3.8, 4) is 0 Å². The summed E-state index contributed by atoms with van der Waals surface area (Å²) in [5.41, 5.74) is 0.571. The van der Waals surface area contributed by atoms with Gasteiger partial charge in [-0.15, -0.1) is 0 Å². The molecule has 0 heterocycles. The van der Waals surface area contributed by atoms with Gasteiger partial charge in [0.05, 0.1) is 0 Å². The minimum atomic E-state index is -0.810. The highest BCUT2D eigenvalue weighted by Crippen LogP contribution is 2.14. The quantitative estimate of drug-likeness (QED) is 0.809. The van der Waals surface area contributed by atoms with Crippen molar-refractivity contribution < 1.29 is 8.60 Å². The topological polar surface area (TPSA) is 29.1 Å². The SMILES string of the molecule is CS(=O)CCNCc1ccc(Cl)cc1F. The number of rotatable bonds is 5. The molecule has 1 atom stereocenters. The molecular weight excluding hydrogens is 237 g/mol. The van der Waals surface area contributed by atoms with Crippen LogP contribution in [0.3, 0.4) is 0 Å². The Hall–Kier alpha value is -0.450. The highest BCUT2D eigenvalue weighted by molar-refractivity contribution is 7.84. The lowest BCUT2D eigenvalue weighted by Gasteiger charge is -2.05. The van der Waals surface area contributed by atoms with E-state index in [-0.39, 0.29) is 5.82 Å². The zero-order chi connectivity index (χ0) is 11.3. The van der Waals surface area contributed by atoms with Gasteiger partial charge in [0.2, 0.25) is 0 Å². The van der Waals surface area contributed by atoms with Crippen LogP contribution in [0.1, 0.15) is 5.56 Å². The Labute approximate surface area is 96.3 Å². The van der Waals surface area contributed by atoms with Gasteiger partial charge in [-0.3, -0.25) is 4.21 Å². The summed E-state index contributed by atoms with van der Waals surface area (Å²) in [5, 5.41) is 3.41. The minimum Gasteiger partial charge on any atom is -0.312 e. The predicted molar refractivity (Wildman–Crippen MR) is 62.1 cm³/mol. The molecule has 0 aliphatic heterocycles. The van der Waals surface area contributed by atoms with Crippen molar-refractivity contribution in [3.05, 3.63) is 34.6 Å². The summed E-state index contributed by atoms with van der Waals surface area (Å²) < 4.78 is 24.0. The molecule has 15 heavy (non-hydrogen) atoms. The normalized spacial score (nSPS) is 12.7. The van der Waals surface area contributed by atoms with E-state index in [1.54, 1.807) is 18.4 Å². The smallest absolute Gasteiger partial charge is 0.129 e. The maximum Gasteiger partial charge on any atom is 0.129 e. The lowest BCUT2D eigenvalue weighted by atomic mass is 10.2. The first kappa shape index (κ1) is 12.6. The molecule has 0 radical (unpaired) electrons. The Morgan fingerprint density at radius 2 is 2.27 bits per heavy atom. The van der Waals surface area contributed by atoms with Crippen LogP contribution in [0.2, 0.25) is 5.02 Å². The van der Waals surface area contributed by atoms with Crippen molar-refractivity contribution in [1.29, 1.82) is 0 Å². The standard InChI is InChI=1S/C10H13ClFNOS/c1-15(14)5-4-13-7-8-2-3-9(11)6-10(8)12/h2-3,6,13H,4-5,7H2,1H3. The van der Waals surface area contributed by atoms with Gasteiger partial charge in [0.25, 0.3) is 0 Å². The predicted octanol–water partition coefficient (Wildman–Crippen LogP) is 1.95. The van der Waals surface area contributed by atoms with Crippen LogP contribution in [0.15, 0.2) is 18.2 Å². The Morgan fingerprint density at radius 1 is 1.53 bits per heavy atom. The summed E-state index contributed by atoms with van der Waals surface area (Å²) in [5.74, 6) is 0.266. The molecule has 1 N–H and O–H groups in total. The summed E-state index contributed by atoms with van der Waals surface area (Å²) in [7, 11) is -0.810. The van der Waals surface area contributed by atoms with Gasteiger partial charge in [0.1, 0.15) is 5.82 Å². The molecule has 0 spiro atoms. The molecule has 0 fully saturated rings. The van der Waals surface area contributed by atoms with Crippen molar-refractivity contribution in [3.63, 3.8) is 0 Å². The van der Waals surface area contributed by atoms with E-state index in [1.165, 1.54) is 6.07 Å². The lowest BCUT2D eigenvalue weighted by molar-refractivity contribution is 0.593. The molecule has 0 aliphatic rings. The van der Waals surface area contributed by atoms with Crippen LogP contribution in [0, 0.1) is 5.82 Å². The average Bonchev–Trinajstić information content (AvgIpc) is 2.14. The van der Waals surface area contributed by atoms with Gasteiger partial charge in [-0.25, -0.2) is 4.39 Å². The van der Waals surface area contributed by atoms with Gasteiger partial charge in [0.15, 0.2) is 0 Å². The number of benzene rings is 1. The molecule has 2 nitrogen and oxygen atoms in total. The number of halogens is 2. The van der Waals surface area contributed by atoms with E-state index in [9.17, 15) is 8.60 Å². The minimum absolute atomic E-state index is 0.312. The maximum atomic E-state index is 13.3. The lowest BCUT2D eigenvalue weighted by Crippen LogP contribution is -2.20. The van der Waals surface area contributed by atoms with E-state index in [0.29, 0.717) is 29.4 Å². The fourth-order valence-electron chi connectivity index (χ4n) is 1.10. The number of hydrogen-bond acceptors (Lipinski definition) is 2. The van der Waals surface area contributed by atoms with Crippen LogP contribution in [-0.4, -0.2) is 22.8 Å². The van der Waals surface area contributed by atoms with Gasteiger partial charge < -0.3 is 5.32 Å². The molecule has 0 aliphatic carbocycles. The fourth-order valence-corrected chi connectivity index (χ4v) is 1.69. The molecule has 5 heteroatoms. The highest BCUT2D eigenvalue weighted by Gasteiger charge is 2.02. The van der Waals surface area contributed by atoms with Crippen LogP contribution in [-0.2, 0) is 17.3 Å². The van der Waals surface area contributed by atoms with Crippen LogP contribution >= 0.6 is 11.6 Å². The van der Waals surface area contributed by atoms with Gasteiger partial charge >= 0.3 is 0 Å². The Kier molecular flexibility index (Phi) is 5.22. The first-order valence-electron chi connectivity index (χ1n) is 4.54. The molecule has 1 aromatic carbocycles. The highest BCUT2D eigenvalue weighted by atomic mass is 35.5. The van der Waals surface area contributed by atoms with Crippen molar-refractivity contribution in [2.45, 2.75) is 6.54 Å². The molecule has 0 amide bonds. The molecule has 0 saturated heterocycles. The van der Waals surface area contributed by atoms with Crippen molar-refractivity contribution in [2.24, 2.45) is 0 Å². The van der Waals surface area contributed by atoms with Crippen molar-refractivity contribution in [1.82, 2.24) is 5.32 Å². The summed E-state index contributed by atoms with van der Waals surface area (Å²) in [6, 6.07) is 4.59. The first-order valence-corrected chi connectivity index (χ1v) is 6.65. The first-order chi connectivity index (χ1) is 7.09. The Balaban J connectivity index is 2.40. The van der Waals surface area contributed by atoms with Gasteiger partial charge in [-0.05, 0) is 12.1 Å². The Morgan fingerprint density at radius 3 is 2.87 bits per heavy atom. The summed E-state index contributed by atoms with van der Waals surface area (Å²) in [4.78, 5) is 0. The summed E-state index contributed by atoms with van der Waals surface area (Å²) >= 11 is 5.62. The van der Waals surface area contributed by atoms with E-state index >= 15 is 0 Å². The largest absolute Gasteiger partial charge is 0.312 e. The molecule has 0 bridgehead atoms. The fraction of sp³-hybridized carbons (Fsp3) is 0.400. The molecule has 1 rings (SSSR count). The van der Waals surface area contributed by atoms with Crippen LogP contribution in [0.4, 0.5) is 4.39 Å². The van der Waals surface area contributed by atoms with E-state index in [2.05, 4.69) is 5.32 Å². The van der Waals surface area contributed by atoms with E-state index in [4.69, 9.17) is 11.6 Å². The maximum absolute atomic E-state index is 13.3. The second-order valence-corrected chi connectivity index (χ2v) is 5.18. The van der Waals surface area contributed by atoms with E-state index in [1.807, 2.05) is 0 Å². The molecule has 1 aromatic rings. The third kappa shape index (κ3) is 4.73. The van der Waals surface area contributed by atoms with Crippen molar-refractivity contribution >= 4 is 22.4 Å². The van der Waals surface area contributed by atoms with Gasteiger partial charge in [0, 0.05) is 46.5 Å². The molecule has 0 saturated carbocycles. The van der Waals surface area contributed by atoms with Crippen molar-refractivity contribution in [2.75, 3.05) is 18.6 Å². The third-order valence-electron chi connectivity index (χ3n) is 1.90.